The van der Waals surface area contributed by atoms with Crippen molar-refractivity contribution in [1.82, 2.24) is 4.98 Å². The molecule has 0 saturated carbocycles. The van der Waals surface area contributed by atoms with Crippen LogP contribution in [0.3, 0.4) is 0 Å². The number of non-ortho nitro benzene ring substituents is 1. The van der Waals surface area contributed by atoms with Crippen LogP contribution in [0.2, 0.25) is 0 Å². The van der Waals surface area contributed by atoms with Gasteiger partial charge in [0.05, 0.1) is 10.6 Å². The maximum absolute atomic E-state index is 11.7. The van der Waals surface area contributed by atoms with Crippen LogP contribution in [0.25, 0.3) is 0 Å². The zero-order valence-corrected chi connectivity index (χ0v) is 10.2. The monoisotopic (exact) mass is 257 g/mol. The van der Waals surface area contributed by atoms with Gasteiger partial charge in [-0.15, -0.1) is 0 Å². The summed E-state index contributed by atoms with van der Waals surface area (Å²) >= 11 is 0. The second-order valence-electron chi connectivity index (χ2n) is 3.83. The number of aromatic nitrogens is 1. The lowest BCUT2D eigenvalue weighted by atomic mass is 10.2. The lowest BCUT2D eigenvalue weighted by Crippen LogP contribution is -2.22. The first-order valence-electron chi connectivity index (χ1n) is 5.55. The SMILES string of the molecule is CC(=O)N(c1ccncc1)c1ccc([N+](=O)[O-])cc1. The van der Waals surface area contributed by atoms with E-state index in [1.54, 1.807) is 36.7 Å². The van der Waals surface area contributed by atoms with Crippen molar-refractivity contribution in [3.8, 4) is 0 Å². The van der Waals surface area contributed by atoms with Crippen molar-refractivity contribution >= 4 is 23.0 Å². The fourth-order valence-corrected chi connectivity index (χ4v) is 1.73. The van der Waals surface area contributed by atoms with Crippen LogP contribution in [-0.4, -0.2) is 15.8 Å². The number of amides is 1. The molecular weight excluding hydrogens is 246 g/mol. The molecule has 2 rings (SSSR count). The van der Waals surface area contributed by atoms with Crippen LogP contribution in [0.5, 0.6) is 0 Å². The second kappa shape index (κ2) is 5.26. The molecule has 1 heterocycles. The van der Waals surface area contributed by atoms with Crippen LogP contribution in [-0.2, 0) is 4.79 Å². The Bertz CT molecular complexity index is 596. The van der Waals surface area contributed by atoms with E-state index in [-0.39, 0.29) is 11.6 Å². The predicted octanol–water partition coefficient (Wildman–Crippen LogP) is 2.67. The molecule has 0 N–H and O–H groups in total. The smallest absolute Gasteiger partial charge is 0.269 e. The van der Waals surface area contributed by atoms with Gasteiger partial charge in [-0.2, -0.15) is 0 Å². The quantitative estimate of drug-likeness (QED) is 0.625. The minimum absolute atomic E-state index is 0.0121. The van der Waals surface area contributed by atoms with Gasteiger partial charge >= 0.3 is 0 Å². The number of nitro groups is 1. The molecule has 0 aliphatic rings. The number of carbonyl (C=O) groups excluding carboxylic acids is 1. The van der Waals surface area contributed by atoms with Crippen LogP contribution in [0.1, 0.15) is 6.92 Å². The molecule has 19 heavy (non-hydrogen) atoms. The molecule has 0 radical (unpaired) electrons. The van der Waals surface area contributed by atoms with E-state index in [4.69, 9.17) is 0 Å². The summed E-state index contributed by atoms with van der Waals surface area (Å²) in [4.78, 5) is 27.2. The minimum atomic E-state index is -0.478. The minimum Gasteiger partial charge on any atom is -0.281 e. The molecule has 0 spiro atoms. The molecule has 1 aromatic carbocycles. The summed E-state index contributed by atoms with van der Waals surface area (Å²) in [6.45, 7) is 1.43. The predicted molar refractivity (Wildman–Crippen MR) is 70.2 cm³/mol. The van der Waals surface area contributed by atoms with Crippen molar-refractivity contribution < 1.29 is 9.72 Å². The highest BCUT2D eigenvalue weighted by molar-refractivity contribution is 5.98. The molecule has 1 aromatic heterocycles. The number of carbonyl (C=O) groups is 1. The molecule has 0 aliphatic carbocycles. The fraction of sp³-hybridized carbons (Fsp3) is 0.0769. The van der Waals surface area contributed by atoms with Gasteiger partial charge in [-0.1, -0.05) is 0 Å². The summed E-state index contributed by atoms with van der Waals surface area (Å²) in [6.07, 6.45) is 3.16. The first-order chi connectivity index (χ1) is 9.09. The Labute approximate surface area is 109 Å². The number of hydrogen-bond donors (Lipinski definition) is 0. The van der Waals surface area contributed by atoms with Crippen molar-refractivity contribution in [1.29, 1.82) is 0 Å². The van der Waals surface area contributed by atoms with Crippen LogP contribution in [0, 0.1) is 10.1 Å². The summed E-state index contributed by atoms with van der Waals surface area (Å²) in [6, 6.07) is 9.21. The van der Waals surface area contributed by atoms with E-state index < -0.39 is 4.92 Å². The number of nitro benzene ring substituents is 1. The molecule has 6 nitrogen and oxygen atoms in total. The van der Waals surface area contributed by atoms with Crippen LogP contribution in [0.4, 0.5) is 17.1 Å². The van der Waals surface area contributed by atoms with Crippen molar-refractivity contribution in [3.63, 3.8) is 0 Å². The molecular formula is C13H11N3O3. The molecule has 1 amide bonds. The lowest BCUT2D eigenvalue weighted by Gasteiger charge is -2.20. The zero-order valence-electron chi connectivity index (χ0n) is 10.2. The molecule has 96 valence electrons. The van der Waals surface area contributed by atoms with E-state index in [0.29, 0.717) is 11.4 Å². The van der Waals surface area contributed by atoms with Gasteiger partial charge in [0.25, 0.3) is 5.69 Å². The number of rotatable bonds is 3. The molecule has 0 atom stereocenters. The zero-order chi connectivity index (χ0) is 13.8. The lowest BCUT2D eigenvalue weighted by molar-refractivity contribution is -0.384. The first-order valence-corrected chi connectivity index (χ1v) is 5.55. The average molecular weight is 257 g/mol. The summed E-state index contributed by atoms with van der Waals surface area (Å²) in [5.41, 5.74) is 1.22. The summed E-state index contributed by atoms with van der Waals surface area (Å²) in [5, 5.41) is 10.6. The first kappa shape index (κ1) is 12.7. The molecule has 0 unspecified atom stereocenters. The third-order valence-electron chi connectivity index (χ3n) is 2.55. The number of hydrogen-bond acceptors (Lipinski definition) is 4. The van der Waals surface area contributed by atoms with Crippen molar-refractivity contribution in [2.75, 3.05) is 4.90 Å². The molecule has 2 aromatic rings. The standard InChI is InChI=1S/C13H11N3O3/c1-10(17)15(12-6-8-14-9-7-12)11-2-4-13(5-3-11)16(18)19/h2-9H,1H3. The average Bonchev–Trinajstić information content (AvgIpc) is 2.40. The number of nitrogens with zero attached hydrogens (tertiary/aromatic N) is 3. The maximum Gasteiger partial charge on any atom is 0.269 e. The van der Waals surface area contributed by atoms with E-state index >= 15 is 0 Å². The van der Waals surface area contributed by atoms with Gasteiger partial charge in [-0.3, -0.25) is 24.8 Å². The molecule has 6 heteroatoms. The van der Waals surface area contributed by atoms with E-state index in [1.165, 1.54) is 24.0 Å². The van der Waals surface area contributed by atoms with Gasteiger partial charge < -0.3 is 0 Å². The van der Waals surface area contributed by atoms with Crippen molar-refractivity contribution in [2.45, 2.75) is 6.92 Å². The summed E-state index contributed by atoms with van der Waals surface area (Å²) in [7, 11) is 0. The molecule has 0 bridgehead atoms. The Balaban J connectivity index is 2.40. The van der Waals surface area contributed by atoms with E-state index in [9.17, 15) is 14.9 Å². The Morgan fingerprint density at radius 1 is 1.11 bits per heavy atom. The van der Waals surface area contributed by atoms with Gasteiger partial charge in [-0.05, 0) is 24.3 Å². The summed E-state index contributed by atoms with van der Waals surface area (Å²) in [5.74, 6) is -0.181. The Morgan fingerprint density at radius 2 is 1.63 bits per heavy atom. The Hall–Kier alpha value is -2.76. The fourth-order valence-electron chi connectivity index (χ4n) is 1.73. The number of anilines is 2. The summed E-state index contributed by atoms with van der Waals surface area (Å²) < 4.78 is 0. The largest absolute Gasteiger partial charge is 0.281 e. The van der Waals surface area contributed by atoms with E-state index in [2.05, 4.69) is 4.98 Å². The van der Waals surface area contributed by atoms with Crippen molar-refractivity contribution in [2.24, 2.45) is 0 Å². The third-order valence-corrected chi connectivity index (χ3v) is 2.55. The molecule has 0 aliphatic heterocycles. The third kappa shape index (κ3) is 2.74. The molecule has 0 saturated heterocycles. The Morgan fingerprint density at radius 3 is 2.11 bits per heavy atom. The van der Waals surface area contributed by atoms with Crippen LogP contribution < -0.4 is 4.90 Å². The van der Waals surface area contributed by atoms with Gasteiger partial charge in [0.1, 0.15) is 0 Å². The Kier molecular flexibility index (Phi) is 3.51. The highest BCUT2D eigenvalue weighted by Crippen LogP contribution is 2.26. The maximum atomic E-state index is 11.7. The number of pyridine rings is 1. The normalized spacial score (nSPS) is 9.95. The van der Waals surface area contributed by atoms with Crippen LogP contribution >= 0.6 is 0 Å². The highest BCUT2D eigenvalue weighted by Gasteiger charge is 2.15. The van der Waals surface area contributed by atoms with Crippen molar-refractivity contribution in [3.05, 3.63) is 58.9 Å². The van der Waals surface area contributed by atoms with Gasteiger partial charge in [-0.25, -0.2) is 0 Å². The van der Waals surface area contributed by atoms with E-state index in [1.807, 2.05) is 0 Å². The second-order valence-corrected chi connectivity index (χ2v) is 3.83. The van der Waals surface area contributed by atoms with Gasteiger partial charge in [0.2, 0.25) is 5.91 Å². The van der Waals surface area contributed by atoms with Gasteiger partial charge in [0.15, 0.2) is 0 Å². The van der Waals surface area contributed by atoms with Gasteiger partial charge in [0, 0.05) is 37.1 Å². The van der Waals surface area contributed by atoms with Crippen LogP contribution in [0.15, 0.2) is 48.8 Å². The highest BCUT2D eigenvalue weighted by atomic mass is 16.6. The number of benzene rings is 1. The topological polar surface area (TPSA) is 76.3 Å². The van der Waals surface area contributed by atoms with E-state index in [0.717, 1.165) is 0 Å². The molecule has 0 fully saturated rings.